The van der Waals surface area contributed by atoms with E-state index in [1.54, 1.807) is 6.07 Å². The van der Waals surface area contributed by atoms with E-state index in [4.69, 9.17) is 4.42 Å². The van der Waals surface area contributed by atoms with E-state index in [9.17, 15) is 0 Å². The van der Waals surface area contributed by atoms with E-state index in [-0.39, 0.29) is 0 Å². The molecule has 8 heavy (non-hydrogen) atoms. The second-order valence-electron chi connectivity index (χ2n) is 1.63. The lowest BCUT2D eigenvalue weighted by Crippen LogP contribution is -1.50. The predicted molar refractivity (Wildman–Crippen MR) is 29.4 cm³/mol. The van der Waals surface area contributed by atoms with Crippen LogP contribution in [0.15, 0.2) is 22.7 Å². The Labute approximate surface area is 46.1 Å². The monoisotopic (exact) mass is 106 g/mol. The van der Waals surface area contributed by atoms with Crippen molar-refractivity contribution >= 4 is 11.1 Å². The summed E-state index contributed by atoms with van der Waals surface area (Å²) in [5.74, 6) is 0. The van der Waals surface area contributed by atoms with Gasteiger partial charge in [0.15, 0.2) is 6.26 Å². The molecule has 2 nitrogen and oxygen atoms in total. The van der Waals surface area contributed by atoms with Crippen LogP contribution >= 0.6 is 0 Å². The second-order valence-corrected chi connectivity index (χ2v) is 1.63. The SMILES string of the molecule is [c]1cc2cc[nH]c2o1. The summed E-state index contributed by atoms with van der Waals surface area (Å²) < 4.78 is 4.88. The Hall–Kier alpha value is -1.18. The normalized spacial score (nSPS) is 10.5. The molecule has 2 heterocycles. The first-order valence-electron chi connectivity index (χ1n) is 2.40. The number of nitrogens with one attached hydrogen (secondary N) is 1. The molecule has 2 rings (SSSR count). The molecule has 2 heteroatoms. The van der Waals surface area contributed by atoms with Crippen molar-refractivity contribution in [2.24, 2.45) is 0 Å². The van der Waals surface area contributed by atoms with Gasteiger partial charge in [-0.25, -0.2) is 0 Å². The van der Waals surface area contributed by atoms with Crippen LogP contribution < -0.4 is 0 Å². The van der Waals surface area contributed by atoms with E-state index < -0.39 is 0 Å². The van der Waals surface area contributed by atoms with Gasteiger partial charge in [0.2, 0.25) is 5.71 Å². The van der Waals surface area contributed by atoms with Crippen LogP contribution in [0.2, 0.25) is 0 Å². The maximum absolute atomic E-state index is 4.88. The predicted octanol–water partition coefficient (Wildman–Crippen LogP) is 1.56. The highest BCUT2D eigenvalue weighted by molar-refractivity contribution is 5.73. The molecule has 0 unspecified atom stereocenters. The van der Waals surface area contributed by atoms with Crippen molar-refractivity contribution in [2.75, 3.05) is 0 Å². The Morgan fingerprint density at radius 2 is 2.62 bits per heavy atom. The lowest BCUT2D eigenvalue weighted by atomic mass is 10.4. The largest absolute Gasteiger partial charge is 0.436 e. The molecule has 39 valence electrons. The Bertz CT molecular complexity index is 230. The minimum atomic E-state index is 0.796. The molecule has 0 saturated heterocycles. The van der Waals surface area contributed by atoms with Crippen molar-refractivity contribution in [1.29, 1.82) is 0 Å². The summed E-state index contributed by atoms with van der Waals surface area (Å²) >= 11 is 0. The summed E-state index contributed by atoms with van der Waals surface area (Å²) in [7, 11) is 0. The topological polar surface area (TPSA) is 28.9 Å². The third-order valence-electron chi connectivity index (χ3n) is 1.11. The number of aromatic nitrogens is 1. The minimum Gasteiger partial charge on any atom is -0.436 e. The quantitative estimate of drug-likeness (QED) is 0.542. The fraction of sp³-hybridized carbons (Fsp3) is 0. The van der Waals surface area contributed by atoms with Crippen molar-refractivity contribution in [2.45, 2.75) is 0 Å². The van der Waals surface area contributed by atoms with Gasteiger partial charge in [-0.1, -0.05) is 0 Å². The molecule has 0 fully saturated rings. The van der Waals surface area contributed by atoms with Crippen LogP contribution in [0.1, 0.15) is 0 Å². The van der Waals surface area contributed by atoms with Gasteiger partial charge in [-0.3, -0.25) is 0 Å². The standard InChI is InChI=1S/C6H4NO/c1-3-7-6-5(1)2-4-8-6/h1-3,7H. The lowest BCUT2D eigenvalue weighted by Gasteiger charge is -1.67. The molecule has 0 spiro atoms. The summed E-state index contributed by atoms with van der Waals surface area (Å²) in [6, 6.07) is 3.74. The van der Waals surface area contributed by atoms with Gasteiger partial charge in [0.1, 0.15) is 0 Å². The average molecular weight is 106 g/mol. The molecule has 0 aliphatic carbocycles. The third kappa shape index (κ3) is 0.320. The summed E-state index contributed by atoms with van der Waals surface area (Å²) in [6.45, 7) is 0. The Morgan fingerprint density at radius 3 is 3.50 bits per heavy atom. The van der Waals surface area contributed by atoms with Gasteiger partial charge in [0.25, 0.3) is 0 Å². The maximum Gasteiger partial charge on any atom is 0.205 e. The molecule has 0 aromatic carbocycles. The number of aromatic amines is 1. The molecule has 0 aliphatic rings. The number of rotatable bonds is 0. The number of hydrogen-bond acceptors (Lipinski definition) is 1. The maximum atomic E-state index is 4.88. The van der Waals surface area contributed by atoms with Crippen LogP contribution in [0.3, 0.4) is 0 Å². The molecule has 0 saturated carbocycles. The highest BCUT2D eigenvalue weighted by atomic mass is 16.3. The molecule has 2 aromatic rings. The first kappa shape index (κ1) is 3.78. The number of H-pyrrole nitrogens is 1. The van der Waals surface area contributed by atoms with Crippen molar-refractivity contribution < 1.29 is 4.42 Å². The van der Waals surface area contributed by atoms with E-state index >= 15 is 0 Å². The van der Waals surface area contributed by atoms with E-state index in [0.29, 0.717) is 0 Å². The van der Waals surface area contributed by atoms with E-state index in [2.05, 4.69) is 11.2 Å². The van der Waals surface area contributed by atoms with Gasteiger partial charge in [0.05, 0.1) is 0 Å². The van der Waals surface area contributed by atoms with E-state index in [1.165, 1.54) is 0 Å². The number of fused-ring (bicyclic) bond motifs is 1. The third-order valence-corrected chi connectivity index (χ3v) is 1.11. The number of furan rings is 1. The summed E-state index contributed by atoms with van der Waals surface area (Å²) in [5, 5.41) is 1.07. The molecule has 0 atom stereocenters. The van der Waals surface area contributed by atoms with Gasteiger partial charge < -0.3 is 9.40 Å². The van der Waals surface area contributed by atoms with Crippen LogP contribution in [-0.2, 0) is 0 Å². The van der Waals surface area contributed by atoms with Crippen molar-refractivity contribution in [3.63, 3.8) is 0 Å². The van der Waals surface area contributed by atoms with E-state index in [0.717, 1.165) is 11.1 Å². The van der Waals surface area contributed by atoms with Crippen LogP contribution in [0.25, 0.3) is 11.1 Å². The first-order chi connectivity index (χ1) is 3.97. The van der Waals surface area contributed by atoms with Crippen LogP contribution in [-0.4, -0.2) is 4.98 Å². The summed E-state index contributed by atoms with van der Waals surface area (Å²) in [5.41, 5.74) is 0.796. The van der Waals surface area contributed by atoms with Gasteiger partial charge in [-0.05, 0) is 12.1 Å². The Morgan fingerprint density at radius 1 is 1.62 bits per heavy atom. The molecular weight excluding hydrogens is 102 g/mol. The molecule has 2 aromatic heterocycles. The summed E-state index contributed by atoms with van der Waals surface area (Å²) in [6.07, 6.45) is 4.45. The smallest absolute Gasteiger partial charge is 0.205 e. The zero-order valence-electron chi connectivity index (χ0n) is 4.14. The molecule has 0 bridgehead atoms. The molecular formula is C6H4NO. The van der Waals surface area contributed by atoms with Crippen LogP contribution in [0.5, 0.6) is 0 Å². The van der Waals surface area contributed by atoms with Crippen molar-refractivity contribution in [3.05, 3.63) is 24.6 Å². The van der Waals surface area contributed by atoms with Crippen molar-refractivity contribution in [3.8, 4) is 0 Å². The van der Waals surface area contributed by atoms with Crippen LogP contribution in [0.4, 0.5) is 0 Å². The Balaban J connectivity index is 3.06. The fourth-order valence-corrected chi connectivity index (χ4v) is 0.720. The second kappa shape index (κ2) is 1.15. The Kier molecular flexibility index (Phi) is 0.545. The van der Waals surface area contributed by atoms with Gasteiger partial charge in [-0.15, -0.1) is 0 Å². The molecule has 1 radical (unpaired) electrons. The van der Waals surface area contributed by atoms with Crippen LogP contribution in [0, 0.1) is 6.26 Å². The van der Waals surface area contributed by atoms with E-state index in [1.807, 2.05) is 12.3 Å². The fourth-order valence-electron chi connectivity index (χ4n) is 0.720. The highest BCUT2D eigenvalue weighted by Gasteiger charge is 1.92. The minimum absolute atomic E-state index is 0.796. The van der Waals surface area contributed by atoms with Crippen molar-refractivity contribution in [1.82, 2.24) is 4.98 Å². The molecule has 0 amide bonds. The zero-order chi connectivity index (χ0) is 5.40. The lowest BCUT2D eigenvalue weighted by molar-refractivity contribution is 0.595. The van der Waals surface area contributed by atoms with Gasteiger partial charge in [0, 0.05) is 11.6 Å². The zero-order valence-corrected chi connectivity index (χ0v) is 4.14. The average Bonchev–Trinajstić information content (AvgIpc) is 2.15. The van der Waals surface area contributed by atoms with Gasteiger partial charge in [-0.2, -0.15) is 0 Å². The number of hydrogen-bond donors (Lipinski definition) is 1. The first-order valence-corrected chi connectivity index (χ1v) is 2.40. The molecule has 1 N–H and O–H groups in total. The van der Waals surface area contributed by atoms with Gasteiger partial charge >= 0.3 is 0 Å². The highest BCUT2D eigenvalue weighted by Crippen LogP contribution is 2.10. The molecule has 0 aliphatic heterocycles. The summed E-state index contributed by atoms with van der Waals surface area (Å²) in [4.78, 5) is 2.90.